The van der Waals surface area contributed by atoms with Crippen LogP contribution in [0, 0.1) is 5.82 Å². The van der Waals surface area contributed by atoms with E-state index in [1.54, 1.807) is 6.07 Å². The zero-order valence-electron chi connectivity index (χ0n) is 7.99. The van der Waals surface area contributed by atoms with E-state index in [2.05, 4.69) is 21.2 Å². The van der Waals surface area contributed by atoms with Crippen LogP contribution in [0.5, 0.6) is 0 Å². The van der Waals surface area contributed by atoms with Crippen LogP contribution in [0.1, 0.15) is 19.4 Å². The highest BCUT2D eigenvalue weighted by Gasteiger charge is 2.24. The second-order valence-corrected chi connectivity index (χ2v) is 4.33. The summed E-state index contributed by atoms with van der Waals surface area (Å²) in [5, 5.41) is 3.07. The zero-order valence-corrected chi connectivity index (χ0v) is 9.57. The summed E-state index contributed by atoms with van der Waals surface area (Å²) < 4.78 is 14.3. The van der Waals surface area contributed by atoms with Crippen LogP contribution in [-0.2, 0) is 5.54 Å². The van der Waals surface area contributed by atoms with Gasteiger partial charge >= 0.3 is 0 Å². The quantitative estimate of drug-likeness (QED) is 0.845. The number of hydrogen-bond acceptors (Lipinski definition) is 1. The van der Waals surface area contributed by atoms with Crippen molar-refractivity contribution in [3.63, 3.8) is 0 Å². The lowest BCUT2D eigenvalue weighted by Gasteiger charge is -2.26. The van der Waals surface area contributed by atoms with E-state index < -0.39 is 0 Å². The average molecular weight is 246 g/mol. The molecule has 0 aliphatic carbocycles. The molecule has 0 amide bonds. The summed E-state index contributed by atoms with van der Waals surface area (Å²) in [5.41, 5.74) is 0.307. The van der Waals surface area contributed by atoms with Gasteiger partial charge in [0.05, 0.1) is 0 Å². The topological polar surface area (TPSA) is 12.0 Å². The predicted molar refractivity (Wildman–Crippen MR) is 56.2 cm³/mol. The third kappa shape index (κ3) is 2.09. The van der Waals surface area contributed by atoms with Crippen LogP contribution in [0.25, 0.3) is 0 Å². The monoisotopic (exact) mass is 245 g/mol. The van der Waals surface area contributed by atoms with E-state index in [9.17, 15) is 4.39 Å². The van der Waals surface area contributed by atoms with Gasteiger partial charge in [0.25, 0.3) is 0 Å². The Balaban J connectivity index is 3.28. The summed E-state index contributed by atoms with van der Waals surface area (Å²) in [6.07, 6.45) is 0. The van der Waals surface area contributed by atoms with Crippen molar-refractivity contribution in [1.29, 1.82) is 0 Å². The van der Waals surface area contributed by atoms with Crippen LogP contribution >= 0.6 is 15.9 Å². The molecule has 0 atom stereocenters. The van der Waals surface area contributed by atoms with E-state index in [0.717, 1.165) is 4.47 Å². The number of benzene rings is 1. The number of halogens is 2. The molecular formula is C10H13BrFN. The zero-order chi connectivity index (χ0) is 10.1. The second-order valence-electron chi connectivity index (χ2n) is 3.47. The normalized spacial score (nSPS) is 11.8. The molecule has 13 heavy (non-hydrogen) atoms. The highest BCUT2D eigenvalue weighted by Crippen LogP contribution is 2.29. The third-order valence-corrected chi connectivity index (χ3v) is 2.87. The Morgan fingerprint density at radius 1 is 1.38 bits per heavy atom. The van der Waals surface area contributed by atoms with Gasteiger partial charge in [-0.3, -0.25) is 0 Å². The molecule has 1 rings (SSSR count). The first kappa shape index (κ1) is 10.7. The summed E-state index contributed by atoms with van der Waals surface area (Å²) in [7, 11) is 1.82. The van der Waals surface area contributed by atoms with Gasteiger partial charge < -0.3 is 5.32 Å². The Hall–Kier alpha value is -0.410. The van der Waals surface area contributed by atoms with Gasteiger partial charge in [-0.2, -0.15) is 0 Å². The van der Waals surface area contributed by atoms with E-state index in [1.807, 2.05) is 27.0 Å². The molecule has 1 aromatic rings. The van der Waals surface area contributed by atoms with Crippen LogP contribution in [0.15, 0.2) is 22.7 Å². The molecule has 0 radical (unpaired) electrons. The van der Waals surface area contributed by atoms with Crippen molar-refractivity contribution < 1.29 is 4.39 Å². The molecule has 0 aliphatic heterocycles. The standard InChI is InChI=1S/C10H13BrFN/c1-10(2,13-3)9-7(11)5-4-6-8(9)12/h4-6,13H,1-3H3. The average Bonchev–Trinajstić information content (AvgIpc) is 2.03. The lowest BCUT2D eigenvalue weighted by Crippen LogP contribution is -2.34. The fourth-order valence-corrected chi connectivity index (χ4v) is 2.06. The minimum absolute atomic E-state index is 0.186. The number of hydrogen-bond donors (Lipinski definition) is 1. The number of nitrogens with one attached hydrogen (secondary N) is 1. The molecule has 0 spiro atoms. The van der Waals surface area contributed by atoms with Gasteiger partial charge in [-0.05, 0) is 33.0 Å². The first-order chi connectivity index (χ1) is 5.99. The van der Waals surface area contributed by atoms with Gasteiger partial charge in [-0.15, -0.1) is 0 Å². The summed E-state index contributed by atoms with van der Waals surface area (Å²) in [6.45, 7) is 3.88. The molecule has 0 fully saturated rings. The summed E-state index contributed by atoms with van der Waals surface area (Å²) in [6, 6.07) is 5.01. The van der Waals surface area contributed by atoms with Gasteiger partial charge in [0, 0.05) is 15.6 Å². The maximum Gasteiger partial charge on any atom is 0.129 e. The van der Waals surface area contributed by atoms with E-state index in [-0.39, 0.29) is 11.4 Å². The molecule has 0 aliphatic rings. The fourth-order valence-electron chi connectivity index (χ4n) is 1.22. The largest absolute Gasteiger partial charge is 0.311 e. The molecule has 1 N–H and O–H groups in total. The minimum atomic E-state index is -0.357. The second kappa shape index (κ2) is 3.76. The summed E-state index contributed by atoms with van der Waals surface area (Å²) >= 11 is 3.34. The molecule has 1 aromatic carbocycles. The fraction of sp³-hybridized carbons (Fsp3) is 0.400. The van der Waals surface area contributed by atoms with Crippen molar-refractivity contribution >= 4 is 15.9 Å². The molecule has 1 nitrogen and oxygen atoms in total. The van der Waals surface area contributed by atoms with E-state index in [4.69, 9.17) is 0 Å². The van der Waals surface area contributed by atoms with Crippen molar-refractivity contribution in [3.8, 4) is 0 Å². The molecule has 3 heteroatoms. The first-order valence-electron chi connectivity index (χ1n) is 4.12. The van der Waals surface area contributed by atoms with Crippen molar-refractivity contribution in [2.75, 3.05) is 7.05 Å². The van der Waals surface area contributed by atoms with Gasteiger partial charge in [-0.1, -0.05) is 22.0 Å². The Morgan fingerprint density at radius 2 is 2.00 bits per heavy atom. The minimum Gasteiger partial charge on any atom is -0.311 e. The van der Waals surface area contributed by atoms with Crippen LogP contribution in [0.4, 0.5) is 4.39 Å². The maximum atomic E-state index is 13.5. The lowest BCUT2D eigenvalue weighted by atomic mass is 9.94. The van der Waals surface area contributed by atoms with Gasteiger partial charge in [0.2, 0.25) is 0 Å². The molecule has 0 unspecified atom stereocenters. The van der Waals surface area contributed by atoms with Crippen LogP contribution in [-0.4, -0.2) is 7.05 Å². The Morgan fingerprint density at radius 3 is 2.46 bits per heavy atom. The number of rotatable bonds is 2. The Kier molecular flexibility index (Phi) is 3.09. The predicted octanol–water partition coefficient (Wildman–Crippen LogP) is 3.04. The first-order valence-corrected chi connectivity index (χ1v) is 4.91. The van der Waals surface area contributed by atoms with Gasteiger partial charge in [0.15, 0.2) is 0 Å². The van der Waals surface area contributed by atoms with E-state index in [1.165, 1.54) is 6.07 Å². The van der Waals surface area contributed by atoms with E-state index >= 15 is 0 Å². The molecule has 72 valence electrons. The van der Waals surface area contributed by atoms with Gasteiger partial charge in [-0.25, -0.2) is 4.39 Å². The SMILES string of the molecule is CNC(C)(C)c1c(F)cccc1Br. The molecule has 0 aromatic heterocycles. The Bertz CT molecular complexity index is 290. The summed E-state index contributed by atoms with van der Waals surface area (Å²) in [4.78, 5) is 0. The van der Waals surface area contributed by atoms with Crippen molar-refractivity contribution in [1.82, 2.24) is 5.32 Å². The third-order valence-electron chi connectivity index (χ3n) is 2.21. The lowest BCUT2D eigenvalue weighted by molar-refractivity contribution is 0.417. The summed E-state index contributed by atoms with van der Waals surface area (Å²) in [5.74, 6) is -0.186. The molecule has 0 heterocycles. The molecule has 0 saturated heterocycles. The molecule has 0 saturated carbocycles. The van der Waals surface area contributed by atoms with Crippen LogP contribution in [0.3, 0.4) is 0 Å². The highest BCUT2D eigenvalue weighted by atomic mass is 79.9. The molecular weight excluding hydrogens is 233 g/mol. The van der Waals surface area contributed by atoms with Crippen molar-refractivity contribution in [2.45, 2.75) is 19.4 Å². The maximum absolute atomic E-state index is 13.5. The van der Waals surface area contributed by atoms with Crippen LogP contribution in [0.2, 0.25) is 0 Å². The van der Waals surface area contributed by atoms with Crippen molar-refractivity contribution in [3.05, 3.63) is 34.1 Å². The Labute approximate surface area is 86.5 Å². The molecule has 0 bridgehead atoms. The van der Waals surface area contributed by atoms with E-state index in [0.29, 0.717) is 5.56 Å². The van der Waals surface area contributed by atoms with Gasteiger partial charge in [0.1, 0.15) is 5.82 Å². The highest BCUT2D eigenvalue weighted by molar-refractivity contribution is 9.10. The van der Waals surface area contributed by atoms with Crippen molar-refractivity contribution in [2.24, 2.45) is 0 Å². The smallest absolute Gasteiger partial charge is 0.129 e. The van der Waals surface area contributed by atoms with Crippen LogP contribution < -0.4 is 5.32 Å².